The number of methoxy groups -OCH3 is 4. The average Bonchev–Trinajstić information content (AvgIpc) is 3.19. The van der Waals surface area contributed by atoms with Crippen LogP contribution in [0, 0.1) is 11.8 Å². The predicted octanol–water partition coefficient (Wildman–Crippen LogP) is 3.59. The Balaban J connectivity index is 2.16. The lowest BCUT2D eigenvalue weighted by Gasteiger charge is -2.13. The molecule has 3 aromatic rings. The van der Waals surface area contributed by atoms with Crippen LogP contribution in [0.5, 0.6) is 23.0 Å². The number of carbonyl (C=O) groups excluding carboxylic acids is 1. The monoisotopic (exact) mass is 394 g/mol. The van der Waals surface area contributed by atoms with Crippen LogP contribution in [0.2, 0.25) is 0 Å². The maximum absolute atomic E-state index is 13.2. The minimum atomic E-state index is -0.258. The molecule has 0 saturated heterocycles. The smallest absolute Gasteiger partial charge is 0.211 e. The molecule has 0 amide bonds. The van der Waals surface area contributed by atoms with Gasteiger partial charge in [-0.1, -0.05) is 18.8 Å². The van der Waals surface area contributed by atoms with Crippen molar-refractivity contribution in [2.75, 3.05) is 28.4 Å². The Labute approximate surface area is 168 Å². The summed E-state index contributed by atoms with van der Waals surface area (Å²) in [6.45, 7) is 1.96. The van der Waals surface area contributed by atoms with Gasteiger partial charge in [0.1, 0.15) is 17.0 Å². The fourth-order valence-corrected chi connectivity index (χ4v) is 3.06. The Kier molecular flexibility index (Phi) is 5.93. The zero-order valence-corrected chi connectivity index (χ0v) is 17.0. The number of benzene rings is 2. The highest BCUT2D eigenvalue weighted by molar-refractivity contribution is 6.16. The molecule has 0 aliphatic carbocycles. The van der Waals surface area contributed by atoms with Crippen LogP contribution >= 0.6 is 0 Å². The van der Waals surface area contributed by atoms with Crippen molar-refractivity contribution in [1.82, 2.24) is 10.2 Å². The van der Waals surface area contributed by atoms with Crippen LogP contribution < -0.4 is 18.9 Å². The van der Waals surface area contributed by atoms with Gasteiger partial charge >= 0.3 is 0 Å². The van der Waals surface area contributed by atoms with E-state index in [4.69, 9.17) is 18.9 Å². The van der Waals surface area contributed by atoms with Crippen molar-refractivity contribution >= 4 is 16.7 Å². The fourth-order valence-electron chi connectivity index (χ4n) is 3.06. The van der Waals surface area contributed by atoms with E-state index in [1.54, 1.807) is 31.4 Å². The number of ketones is 1. The molecule has 1 N–H and O–H groups in total. The first-order valence-corrected chi connectivity index (χ1v) is 8.98. The van der Waals surface area contributed by atoms with Gasteiger partial charge in [0.25, 0.3) is 0 Å². The van der Waals surface area contributed by atoms with Crippen molar-refractivity contribution in [3.63, 3.8) is 0 Å². The Hall–Kier alpha value is -3.66. The van der Waals surface area contributed by atoms with E-state index in [0.29, 0.717) is 57.1 Å². The minimum Gasteiger partial charge on any atom is -0.495 e. The summed E-state index contributed by atoms with van der Waals surface area (Å²) in [7, 11) is 6.09. The molecule has 0 aliphatic heterocycles. The van der Waals surface area contributed by atoms with E-state index in [1.807, 2.05) is 6.92 Å². The summed E-state index contributed by atoms with van der Waals surface area (Å²) >= 11 is 0. The molecular weight excluding hydrogens is 372 g/mol. The number of nitrogens with one attached hydrogen (secondary N) is 1. The molecule has 0 fully saturated rings. The van der Waals surface area contributed by atoms with Gasteiger partial charge in [-0.15, -0.1) is 0 Å². The van der Waals surface area contributed by atoms with Crippen LogP contribution in [0.25, 0.3) is 10.9 Å². The topological polar surface area (TPSA) is 82.7 Å². The van der Waals surface area contributed by atoms with Crippen LogP contribution in [0.15, 0.2) is 24.3 Å². The van der Waals surface area contributed by atoms with Gasteiger partial charge in [0.15, 0.2) is 11.5 Å². The Morgan fingerprint density at radius 2 is 1.66 bits per heavy atom. The summed E-state index contributed by atoms with van der Waals surface area (Å²) in [6.07, 6.45) is 0.696. The van der Waals surface area contributed by atoms with Crippen molar-refractivity contribution in [1.29, 1.82) is 0 Å². The number of fused-ring (bicyclic) bond motifs is 1. The van der Waals surface area contributed by atoms with Crippen LogP contribution in [0.4, 0.5) is 0 Å². The lowest BCUT2D eigenvalue weighted by molar-refractivity contribution is 0.103. The SMILES string of the molecule is CCC#Cc1c(OC)ccc2c(C(=O)c3cc(OC)c(OC)c(OC)c3)[nH]nc12. The van der Waals surface area contributed by atoms with Gasteiger partial charge in [-0.2, -0.15) is 5.10 Å². The van der Waals surface area contributed by atoms with Gasteiger partial charge in [0.05, 0.1) is 34.0 Å². The molecule has 1 aromatic heterocycles. The van der Waals surface area contributed by atoms with Crippen LogP contribution in [-0.2, 0) is 0 Å². The van der Waals surface area contributed by atoms with Crippen molar-refractivity contribution in [2.45, 2.75) is 13.3 Å². The maximum atomic E-state index is 13.2. The first kappa shape index (κ1) is 20.1. The molecule has 29 heavy (non-hydrogen) atoms. The molecule has 0 saturated carbocycles. The van der Waals surface area contributed by atoms with Gasteiger partial charge in [0.2, 0.25) is 11.5 Å². The second-order valence-electron chi connectivity index (χ2n) is 6.04. The number of hydrogen-bond acceptors (Lipinski definition) is 6. The van der Waals surface area contributed by atoms with Gasteiger partial charge < -0.3 is 18.9 Å². The Morgan fingerprint density at radius 1 is 1.00 bits per heavy atom. The molecule has 1 heterocycles. The number of rotatable bonds is 6. The highest BCUT2D eigenvalue weighted by Gasteiger charge is 2.22. The standard InChI is InChI=1S/C22H22N2O5/c1-6-7-8-14-16(26-2)10-9-15-19(14)23-24-20(15)21(25)13-11-17(27-3)22(29-5)18(12-13)28-4/h9-12H,6H2,1-5H3,(H,23,24). The molecule has 0 aliphatic rings. The third-order valence-corrected chi connectivity index (χ3v) is 4.45. The number of aromatic amines is 1. The zero-order chi connectivity index (χ0) is 21.0. The summed E-state index contributed by atoms with van der Waals surface area (Å²) in [5.74, 6) is 7.67. The van der Waals surface area contributed by atoms with Crippen LogP contribution in [0.1, 0.15) is 35.0 Å². The summed E-state index contributed by atoms with van der Waals surface area (Å²) in [5, 5.41) is 7.84. The van der Waals surface area contributed by atoms with Gasteiger partial charge in [-0.05, 0) is 24.3 Å². The number of nitrogens with zero attached hydrogens (tertiary/aromatic N) is 1. The number of carbonyl (C=O) groups is 1. The van der Waals surface area contributed by atoms with E-state index in [-0.39, 0.29) is 5.78 Å². The molecule has 0 radical (unpaired) electrons. The van der Waals surface area contributed by atoms with Crippen molar-refractivity contribution in [3.8, 4) is 34.8 Å². The molecule has 0 spiro atoms. The van der Waals surface area contributed by atoms with Crippen LogP contribution in [0.3, 0.4) is 0 Å². The lowest BCUT2D eigenvalue weighted by Crippen LogP contribution is -2.05. The van der Waals surface area contributed by atoms with Crippen molar-refractivity contribution < 1.29 is 23.7 Å². The Morgan fingerprint density at radius 3 is 2.21 bits per heavy atom. The third-order valence-electron chi connectivity index (χ3n) is 4.45. The molecule has 0 unspecified atom stereocenters. The average molecular weight is 394 g/mol. The second kappa shape index (κ2) is 8.57. The number of hydrogen-bond donors (Lipinski definition) is 1. The number of H-pyrrole nitrogens is 1. The molecule has 150 valence electrons. The van der Waals surface area contributed by atoms with Gasteiger partial charge in [0, 0.05) is 17.4 Å². The minimum absolute atomic E-state index is 0.258. The van der Waals surface area contributed by atoms with E-state index in [2.05, 4.69) is 22.0 Å². The highest BCUT2D eigenvalue weighted by atomic mass is 16.5. The third kappa shape index (κ3) is 3.57. The van der Waals surface area contributed by atoms with Crippen molar-refractivity contribution in [2.24, 2.45) is 0 Å². The second-order valence-corrected chi connectivity index (χ2v) is 6.04. The maximum Gasteiger partial charge on any atom is 0.211 e. The molecule has 0 atom stereocenters. The van der Waals surface area contributed by atoms with E-state index in [1.165, 1.54) is 21.3 Å². The molecule has 3 rings (SSSR count). The quantitative estimate of drug-likeness (QED) is 0.508. The molecule has 7 heteroatoms. The largest absolute Gasteiger partial charge is 0.495 e. The lowest BCUT2D eigenvalue weighted by atomic mass is 10.0. The van der Waals surface area contributed by atoms with E-state index < -0.39 is 0 Å². The molecule has 0 bridgehead atoms. The zero-order valence-electron chi connectivity index (χ0n) is 17.0. The van der Waals surface area contributed by atoms with Crippen molar-refractivity contribution in [3.05, 3.63) is 41.1 Å². The summed E-state index contributed by atoms with van der Waals surface area (Å²) < 4.78 is 21.4. The van der Waals surface area contributed by atoms with E-state index >= 15 is 0 Å². The van der Waals surface area contributed by atoms with Gasteiger partial charge in [-0.25, -0.2) is 0 Å². The highest BCUT2D eigenvalue weighted by Crippen LogP contribution is 2.39. The Bertz CT molecular complexity index is 1100. The summed E-state index contributed by atoms with van der Waals surface area (Å²) in [4.78, 5) is 13.2. The summed E-state index contributed by atoms with van der Waals surface area (Å²) in [5.41, 5.74) is 1.95. The summed E-state index contributed by atoms with van der Waals surface area (Å²) in [6, 6.07) is 6.79. The first-order chi connectivity index (χ1) is 14.1. The normalized spacial score (nSPS) is 10.2. The number of ether oxygens (including phenoxy) is 4. The van der Waals surface area contributed by atoms with E-state index in [9.17, 15) is 4.79 Å². The fraction of sp³-hybridized carbons (Fsp3) is 0.273. The molecular formula is C22H22N2O5. The first-order valence-electron chi connectivity index (χ1n) is 8.98. The molecule has 7 nitrogen and oxygen atoms in total. The molecule has 2 aromatic carbocycles. The predicted molar refractivity (Wildman–Crippen MR) is 109 cm³/mol. The number of aromatic nitrogens is 2. The van der Waals surface area contributed by atoms with Gasteiger partial charge in [-0.3, -0.25) is 9.89 Å². The van der Waals surface area contributed by atoms with E-state index in [0.717, 1.165) is 0 Å². The van der Waals surface area contributed by atoms with Crippen LogP contribution in [-0.4, -0.2) is 44.4 Å².